The molecule has 1 N–H and O–H groups in total. The number of aromatic nitrogens is 3. The monoisotopic (exact) mass is 634 g/mol. The van der Waals surface area contributed by atoms with Crippen LogP contribution in [0.25, 0.3) is 23.2 Å². The summed E-state index contributed by atoms with van der Waals surface area (Å²) in [6.07, 6.45) is -0.410. The molecule has 1 saturated heterocycles. The molecule has 0 bridgehead atoms. The number of nitrogens with one attached hydrogen (secondary N) is 1. The summed E-state index contributed by atoms with van der Waals surface area (Å²) in [4.78, 5) is 23.9. The SMILES string of the molecule is C/C(=C\c1ccc(-c2ncn(-c3ccc(OC(F)(F)F)cc3)n2)cc1)NC(=O)/N=C1\SCCCN1c1cccc(C)c1C(C)C. The molecule has 2 heterocycles. The predicted molar refractivity (Wildman–Crippen MR) is 173 cm³/mol. The molecule has 1 aliphatic rings. The fourth-order valence-corrected chi connectivity index (χ4v) is 6.09. The van der Waals surface area contributed by atoms with Gasteiger partial charge >= 0.3 is 12.4 Å². The summed E-state index contributed by atoms with van der Waals surface area (Å²) in [6.45, 7) is 9.09. The van der Waals surface area contributed by atoms with Crippen LogP contribution in [-0.2, 0) is 0 Å². The molecule has 1 fully saturated rings. The van der Waals surface area contributed by atoms with E-state index in [9.17, 15) is 18.0 Å². The van der Waals surface area contributed by atoms with Crippen LogP contribution in [0.15, 0.2) is 83.7 Å². The van der Waals surface area contributed by atoms with Crippen LogP contribution >= 0.6 is 11.8 Å². The summed E-state index contributed by atoms with van der Waals surface area (Å²) in [7, 11) is 0. The van der Waals surface area contributed by atoms with Crippen LogP contribution in [0.3, 0.4) is 0 Å². The molecule has 4 aromatic rings. The van der Waals surface area contributed by atoms with Gasteiger partial charge in [-0.15, -0.1) is 18.3 Å². The van der Waals surface area contributed by atoms with Crippen molar-refractivity contribution in [1.29, 1.82) is 0 Å². The third-order valence-corrected chi connectivity index (χ3v) is 8.10. The number of hydrogen-bond acceptors (Lipinski definition) is 5. The number of halogens is 3. The highest BCUT2D eigenvalue weighted by atomic mass is 32.2. The Balaban J connectivity index is 1.24. The molecule has 5 rings (SSSR count). The van der Waals surface area contributed by atoms with Crippen molar-refractivity contribution in [1.82, 2.24) is 20.1 Å². The normalized spacial score (nSPS) is 15.1. The lowest BCUT2D eigenvalue weighted by Crippen LogP contribution is -2.36. The van der Waals surface area contributed by atoms with Gasteiger partial charge < -0.3 is 15.0 Å². The van der Waals surface area contributed by atoms with Gasteiger partial charge in [-0.05, 0) is 79.3 Å². The molecular formula is C33H33F3N6O2S. The number of carbonyl (C=O) groups is 1. The number of alkyl halides is 3. The molecule has 45 heavy (non-hydrogen) atoms. The zero-order valence-electron chi connectivity index (χ0n) is 25.3. The van der Waals surface area contributed by atoms with E-state index in [-0.39, 0.29) is 5.75 Å². The van der Waals surface area contributed by atoms with Crippen LogP contribution in [0.2, 0.25) is 0 Å². The minimum atomic E-state index is -4.75. The number of carbonyl (C=O) groups excluding carboxylic acids is 1. The first-order valence-corrected chi connectivity index (χ1v) is 15.4. The van der Waals surface area contributed by atoms with Gasteiger partial charge in [0.25, 0.3) is 0 Å². The van der Waals surface area contributed by atoms with Crippen molar-refractivity contribution in [3.63, 3.8) is 0 Å². The van der Waals surface area contributed by atoms with Gasteiger partial charge in [0.1, 0.15) is 12.1 Å². The minimum absolute atomic E-state index is 0.313. The number of amidine groups is 1. The first-order valence-electron chi connectivity index (χ1n) is 14.4. The van der Waals surface area contributed by atoms with Gasteiger partial charge in [0.2, 0.25) is 0 Å². The zero-order valence-corrected chi connectivity index (χ0v) is 26.1. The maximum Gasteiger partial charge on any atom is 0.573 e. The molecule has 8 nitrogen and oxygen atoms in total. The molecule has 0 spiro atoms. The summed E-state index contributed by atoms with van der Waals surface area (Å²) < 4.78 is 42.7. The number of allylic oxidation sites excluding steroid dienone is 1. The van der Waals surface area contributed by atoms with Crippen LogP contribution in [0.5, 0.6) is 5.75 Å². The summed E-state index contributed by atoms with van der Waals surface area (Å²) in [6, 6.07) is 18.7. The van der Waals surface area contributed by atoms with E-state index in [1.807, 2.05) is 43.3 Å². The lowest BCUT2D eigenvalue weighted by molar-refractivity contribution is -0.274. The van der Waals surface area contributed by atoms with Crippen LogP contribution in [0.1, 0.15) is 49.8 Å². The highest BCUT2D eigenvalue weighted by molar-refractivity contribution is 8.14. The number of nitrogens with zero attached hydrogens (tertiary/aromatic N) is 5. The maximum absolute atomic E-state index is 13.0. The Bertz CT molecular complexity index is 1710. The highest BCUT2D eigenvalue weighted by Gasteiger charge is 2.31. The quantitative estimate of drug-likeness (QED) is 0.220. The minimum Gasteiger partial charge on any atom is -0.406 e. The van der Waals surface area contributed by atoms with Crippen molar-refractivity contribution < 1.29 is 22.7 Å². The predicted octanol–water partition coefficient (Wildman–Crippen LogP) is 8.33. The second-order valence-electron chi connectivity index (χ2n) is 10.8. The average Bonchev–Trinajstić information content (AvgIpc) is 3.47. The number of aryl methyl sites for hydroxylation is 1. The van der Waals surface area contributed by atoms with Crippen molar-refractivity contribution in [3.05, 3.63) is 95.4 Å². The van der Waals surface area contributed by atoms with Crippen LogP contribution < -0.4 is 15.0 Å². The Morgan fingerprint density at radius 3 is 2.51 bits per heavy atom. The average molecular weight is 635 g/mol. The first-order chi connectivity index (χ1) is 21.5. The van der Waals surface area contributed by atoms with Gasteiger partial charge in [0, 0.05) is 29.2 Å². The van der Waals surface area contributed by atoms with Crippen molar-refractivity contribution >= 4 is 34.7 Å². The summed E-state index contributed by atoms with van der Waals surface area (Å²) >= 11 is 1.59. The fraction of sp³-hybridized carbons (Fsp3) is 0.273. The smallest absolute Gasteiger partial charge is 0.406 e. The van der Waals surface area contributed by atoms with Gasteiger partial charge in [0.15, 0.2) is 11.0 Å². The van der Waals surface area contributed by atoms with Gasteiger partial charge in [-0.1, -0.05) is 62.0 Å². The van der Waals surface area contributed by atoms with E-state index in [0.29, 0.717) is 28.3 Å². The third kappa shape index (κ3) is 8.13. The Hall–Kier alpha value is -4.58. The van der Waals surface area contributed by atoms with E-state index < -0.39 is 12.4 Å². The molecular weight excluding hydrogens is 601 g/mol. The maximum atomic E-state index is 13.0. The molecule has 3 aromatic carbocycles. The summed E-state index contributed by atoms with van der Waals surface area (Å²) in [5.41, 5.74) is 6.38. The molecule has 234 valence electrons. The fourth-order valence-electron chi connectivity index (χ4n) is 5.15. The Kier molecular flexibility index (Phi) is 9.62. The molecule has 0 saturated carbocycles. The van der Waals surface area contributed by atoms with Gasteiger partial charge in [-0.3, -0.25) is 0 Å². The van der Waals surface area contributed by atoms with Gasteiger partial charge in [0.05, 0.1) is 5.69 Å². The molecule has 0 atom stereocenters. The summed E-state index contributed by atoms with van der Waals surface area (Å²) in [5.74, 6) is 1.38. The number of urea groups is 1. The molecule has 1 aliphatic heterocycles. The standard InChI is InChI=1S/C33H33F3N6O2S/c1-21(2)29-22(3)7-5-8-28(29)41-17-6-18-45-32(41)39-31(43)38-23(4)19-24-9-11-25(12-10-24)30-37-20-42(40-30)26-13-15-27(16-14-26)44-33(34,35)36/h5,7-16,19-21H,6,17-18H2,1-4H3,(H,38,43)/b23-19+,39-32-. The number of amides is 2. The van der Waals surface area contributed by atoms with Gasteiger partial charge in [-0.25, -0.2) is 14.5 Å². The molecule has 1 aromatic heterocycles. The van der Waals surface area contributed by atoms with Gasteiger partial charge in [-0.2, -0.15) is 4.99 Å². The highest BCUT2D eigenvalue weighted by Crippen LogP contribution is 2.34. The third-order valence-electron chi connectivity index (χ3n) is 7.04. The number of thioether (sulfide) groups is 1. The molecule has 0 unspecified atom stereocenters. The van der Waals surface area contributed by atoms with Crippen molar-refractivity contribution in [2.24, 2.45) is 4.99 Å². The van der Waals surface area contributed by atoms with E-state index >= 15 is 0 Å². The molecule has 12 heteroatoms. The number of rotatable bonds is 7. The van der Waals surface area contributed by atoms with Crippen LogP contribution in [0.4, 0.5) is 23.7 Å². The summed E-state index contributed by atoms with van der Waals surface area (Å²) in [5, 5.41) is 8.01. The number of aliphatic imine (C=N–C) groups is 1. The van der Waals surface area contributed by atoms with Crippen LogP contribution in [-0.4, -0.2) is 44.6 Å². The Labute approximate surface area is 264 Å². The number of ether oxygens (including phenoxy) is 1. The second-order valence-corrected chi connectivity index (χ2v) is 11.9. The number of benzene rings is 3. The Morgan fingerprint density at radius 1 is 1.09 bits per heavy atom. The van der Waals surface area contributed by atoms with Crippen molar-refractivity contribution in [2.75, 3.05) is 17.2 Å². The van der Waals surface area contributed by atoms with E-state index in [0.717, 1.165) is 35.5 Å². The Morgan fingerprint density at radius 2 is 1.82 bits per heavy atom. The van der Waals surface area contributed by atoms with E-state index in [2.05, 4.69) is 62.9 Å². The van der Waals surface area contributed by atoms with E-state index in [1.54, 1.807) is 11.8 Å². The molecule has 0 radical (unpaired) electrons. The van der Waals surface area contributed by atoms with Crippen molar-refractivity contribution in [3.8, 4) is 22.8 Å². The van der Waals surface area contributed by atoms with Crippen LogP contribution in [0, 0.1) is 6.92 Å². The second kappa shape index (κ2) is 13.6. The molecule has 2 amide bonds. The molecule has 0 aliphatic carbocycles. The number of hydrogen-bond donors (Lipinski definition) is 1. The lowest BCUT2D eigenvalue weighted by atomic mass is 9.95. The first kappa shape index (κ1) is 31.8. The lowest BCUT2D eigenvalue weighted by Gasteiger charge is -2.32. The van der Waals surface area contributed by atoms with E-state index in [4.69, 9.17) is 0 Å². The topological polar surface area (TPSA) is 84.6 Å². The largest absolute Gasteiger partial charge is 0.573 e. The number of anilines is 1. The van der Waals surface area contributed by atoms with Crippen molar-refractivity contribution in [2.45, 2.75) is 46.4 Å². The van der Waals surface area contributed by atoms with E-state index in [1.165, 1.54) is 46.4 Å². The zero-order chi connectivity index (χ0) is 32.1.